The van der Waals surface area contributed by atoms with E-state index in [-0.39, 0.29) is 6.42 Å². The molecule has 2 atom stereocenters. The van der Waals surface area contributed by atoms with Crippen LogP contribution in [0.25, 0.3) is 0 Å². The van der Waals surface area contributed by atoms with Gasteiger partial charge in [0.15, 0.2) is 0 Å². The predicted molar refractivity (Wildman–Crippen MR) is 70.2 cm³/mol. The van der Waals surface area contributed by atoms with Gasteiger partial charge < -0.3 is 9.84 Å². The van der Waals surface area contributed by atoms with Crippen molar-refractivity contribution in [1.29, 1.82) is 0 Å². The quantitative estimate of drug-likeness (QED) is 0.737. The van der Waals surface area contributed by atoms with Crippen LogP contribution >= 0.6 is 34.8 Å². The van der Waals surface area contributed by atoms with Gasteiger partial charge in [-0.1, -0.05) is 40.9 Å². The summed E-state index contributed by atoms with van der Waals surface area (Å²) >= 11 is 17.5. The zero-order chi connectivity index (χ0) is 12.8. The second kappa shape index (κ2) is 4.51. The lowest BCUT2D eigenvalue weighted by atomic mass is 9.94. The highest BCUT2D eigenvalue weighted by atomic mass is 35.6. The Morgan fingerprint density at radius 3 is 2.53 bits per heavy atom. The normalized spacial score (nSPS) is 24.1. The van der Waals surface area contributed by atoms with Crippen LogP contribution in [-0.4, -0.2) is 15.0 Å². The van der Waals surface area contributed by atoms with Crippen molar-refractivity contribution in [1.82, 2.24) is 0 Å². The maximum Gasteiger partial charge on any atom is 0.226 e. The number of aryl methyl sites for hydroxylation is 2. The minimum absolute atomic E-state index is 0.285. The molecular weight excluding hydrogens is 282 g/mol. The monoisotopic (exact) mass is 294 g/mol. The van der Waals surface area contributed by atoms with Crippen LogP contribution < -0.4 is 4.74 Å². The van der Waals surface area contributed by atoms with E-state index in [1.165, 1.54) is 0 Å². The molecule has 0 saturated heterocycles. The van der Waals surface area contributed by atoms with Crippen molar-refractivity contribution in [3.8, 4) is 5.75 Å². The van der Waals surface area contributed by atoms with E-state index < -0.39 is 16.0 Å². The third kappa shape index (κ3) is 2.65. The molecule has 0 amide bonds. The first-order valence-electron chi connectivity index (χ1n) is 5.31. The summed E-state index contributed by atoms with van der Waals surface area (Å²) in [4.78, 5) is 0. The molecule has 0 radical (unpaired) electrons. The number of hydrogen-bond donors (Lipinski definition) is 1. The van der Waals surface area contributed by atoms with Crippen LogP contribution in [0, 0.1) is 13.8 Å². The zero-order valence-corrected chi connectivity index (χ0v) is 11.8. The zero-order valence-electron chi connectivity index (χ0n) is 9.51. The Labute approximate surface area is 115 Å². The maximum atomic E-state index is 10.1. The minimum Gasteiger partial charge on any atom is -0.485 e. The lowest BCUT2D eigenvalue weighted by Crippen LogP contribution is -2.36. The van der Waals surface area contributed by atoms with Crippen molar-refractivity contribution in [2.75, 3.05) is 0 Å². The number of alkyl halides is 3. The number of hydrogen-bond acceptors (Lipinski definition) is 2. The number of aliphatic hydroxyl groups is 1. The molecule has 0 aromatic heterocycles. The summed E-state index contributed by atoms with van der Waals surface area (Å²) < 4.78 is 4.14. The molecule has 0 spiro atoms. The molecule has 0 aliphatic carbocycles. The molecule has 1 aliphatic heterocycles. The van der Waals surface area contributed by atoms with Crippen molar-refractivity contribution < 1.29 is 9.84 Å². The summed E-state index contributed by atoms with van der Waals surface area (Å²) in [5.41, 5.74) is 2.84. The largest absolute Gasteiger partial charge is 0.485 e. The second-order valence-electron chi connectivity index (χ2n) is 4.39. The molecule has 1 N–H and O–H groups in total. The van der Waals surface area contributed by atoms with Crippen LogP contribution in [0.15, 0.2) is 12.1 Å². The van der Waals surface area contributed by atoms with Gasteiger partial charge in [-0.15, -0.1) is 0 Å². The van der Waals surface area contributed by atoms with Gasteiger partial charge in [0.1, 0.15) is 11.9 Å². The molecule has 1 heterocycles. The van der Waals surface area contributed by atoms with Crippen molar-refractivity contribution in [2.24, 2.45) is 0 Å². The van der Waals surface area contributed by atoms with Crippen LogP contribution in [0.2, 0.25) is 0 Å². The molecule has 94 valence electrons. The third-order valence-corrected chi connectivity index (χ3v) is 3.63. The van der Waals surface area contributed by atoms with Crippen molar-refractivity contribution in [3.05, 3.63) is 28.8 Å². The summed E-state index contributed by atoms with van der Waals surface area (Å²) in [5, 5.41) is 10.1. The molecule has 1 aromatic carbocycles. The van der Waals surface area contributed by atoms with E-state index in [0.717, 1.165) is 16.7 Å². The van der Waals surface area contributed by atoms with E-state index in [2.05, 4.69) is 0 Å². The molecule has 17 heavy (non-hydrogen) atoms. The van der Waals surface area contributed by atoms with Crippen molar-refractivity contribution >= 4 is 34.8 Å². The van der Waals surface area contributed by atoms with Gasteiger partial charge in [0.2, 0.25) is 3.79 Å². The number of rotatable bonds is 0. The van der Waals surface area contributed by atoms with Crippen molar-refractivity contribution in [2.45, 2.75) is 36.3 Å². The predicted octanol–water partition coefficient (Wildman–Crippen LogP) is 3.86. The second-order valence-corrected chi connectivity index (χ2v) is 6.76. The van der Waals surface area contributed by atoms with Gasteiger partial charge in [-0.25, -0.2) is 0 Å². The van der Waals surface area contributed by atoms with E-state index in [9.17, 15) is 5.11 Å². The Hall–Kier alpha value is -0.150. The minimum atomic E-state index is -1.53. The lowest BCUT2D eigenvalue weighted by molar-refractivity contribution is 0.0672. The maximum absolute atomic E-state index is 10.1. The summed E-state index contributed by atoms with van der Waals surface area (Å²) in [5.74, 6) is 0.609. The molecular formula is C12H13Cl3O2. The Morgan fingerprint density at radius 1 is 1.29 bits per heavy atom. The SMILES string of the molecule is Cc1cc(C)c2c(c1)O[C@H](C(Cl)(Cl)Cl)C[C@@H]2O. The Balaban J connectivity index is 2.43. The van der Waals surface area contributed by atoms with Crippen molar-refractivity contribution in [3.63, 3.8) is 0 Å². The fourth-order valence-corrected chi connectivity index (χ4v) is 2.59. The first-order valence-corrected chi connectivity index (χ1v) is 6.45. The first-order chi connectivity index (χ1) is 7.79. The summed E-state index contributed by atoms with van der Waals surface area (Å²) in [6.45, 7) is 3.90. The average Bonchev–Trinajstić information content (AvgIpc) is 2.13. The van der Waals surface area contributed by atoms with Crippen LogP contribution in [-0.2, 0) is 0 Å². The van der Waals surface area contributed by atoms with Gasteiger partial charge in [-0.3, -0.25) is 0 Å². The first kappa shape index (κ1) is 13.3. The molecule has 1 aliphatic rings. The molecule has 1 aromatic rings. The molecule has 2 nitrogen and oxygen atoms in total. The standard InChI is InChI=1S/C12H13Cl3O2/c1-6-3-7(2)11-8(16)5-10(12(13,14)15)17-9(11)4-6/h3-4,8,10,16H,5H2,1-2H3/t8-,10-/m0/s1. The highest BCUT2D eigenvalue weighted by molar-refractivity contribution is 6.68. The van der Waals surface area contributed by atoms with E-state index in [1.54, 1.807) is 0 Å². The number of ether oxygens (including phenoxy) is 1. The topological polar surface area (TPSA) is 29.5 Å². The van der Waals surface area contributed by atoms with E-state index >= 15 is 0 Å². The fourth-order valence-electron chi connectivity index (χ4n) is 2.19. The number of benzene rings is 1. The van der Waals surface area contributed by atoms with Crippen LogP contribution in [0.1, 0.15) is 29.2 Å². The number of aliphatic hydroxyl groups excluding tert-OH is 1. The van der Waals surface area contributed by atoms with Gasteiger partial charge in [0.05, 0.1) is 6.10 Å². The van der Waals surface area contributed by atoms with E-state index in [1.807, 2.05) is 26.0 Å². The molecule has 0 saturated carbocycles. The fraction of sp³-hybridized carbons (Fsp3) is 0.500. The lowest BCUT2D eigenvalue weighted by Gasteiger charge is -2.34. The van der Waals surface area contributed by atoms with Gasteiger partial charge in [0.25, 0.3) is 0 Å². The number of halogens is 3. The summed E-state index contributed by atoms with van der Waals surface area (Å²) in [7, 11) is 0. The molecule has 0 fully saturated rings. The molecule has 0 bridgehead atoms. The summed E-state index contributed by atoms with van der Waals surface area (Å²) in [6, 6.07) is 3.86. The highest BCUT2D eigenvalue weighted by Crippen LogP contribution is 2.44. The van der Waals surface area contributed by atoms with Gasteiger partial charge >= 0.3 is 0 Å². The highest BCUT2D eigenvalue weighted by Gasteiger charge is 2.40. The van der Waals surface area contributed by atoms with Crippen LogP contribution in [0.4, 0.5) is 0 Å². The van der Waals surface area contributed by atoms with Crippen LogP contribution in [0.3, 0.4) is 0 Å². The molecule has 5 heteroatoms. The smallest absolute Gasteiger partial charge is 0.226 e. The Morgan fingerprint density at radius 2 is 1.94 bits per heavy atom. The van der Waals surface area contributed by atoms with Gasteiger partial charge in [-0.2, -0.15) is 0 Å². The van der Waals surface area contributed by atoms with Gasteiger partial charge in [-0.05, 0) is 31.0 Å². The summed E-state index contributed by atoms with van der Waals surface area (Å²) in [6.07, 6.45) is -0.996. The van der Waals surface area contributed by atoms with Gasteiger partial charge in [0, 0.05) is 12.0 Å². The number of fused-ring (bicyclic) bond motifs is 1. The molecule has 0 unspecified atom stereocenters. The molecule has 2 rings (SSSR count). The Bertz CT molecular complexity index is 440. The van der Waals surface area contributed by atoms with E-state index in [4.69, 9.17) is 39.5 Å². The van der Waals surface area contributed by atoms with Crippen LogP contribution in [0.5, 0.6) is 5.75 Å². The van der Waals surface area contributed by atoms with E-state index in [0.29, 0.717) is 5.75 Å². The third-order valence-electron chi connectivity index (χ3n) is 2.90. The Kier molecular flexibility index (Phi) is 3.52. The average molecular weight is 296 g/mol.